The number of hydrogen-bond donors (Lipinski definition) is 0. The van der Waals surface area contributed by atoms with Gasteiger partial charge in [-0.15, -0.1) is 6.42 Å². The monoisotopic (exact) mass is 466 g/mol. The maximum absolute atomic E-state index is 13.4. The largest absolute Gasteiger partial charge is 0.381 e. The van der Waals surface area contributed by atoms with Crippen molar-refractivity contribution >= 4 is 28.5 Å². The molecule has 0 spiro atoms. The number of carbonyl (C=O) groups excluding carboxylic acids is 2. The molecule has 0 aliphatic carbocycles. The average Bonchev–Trinajstić information content (AvgIpc) is 3.27. The zero-order valence-corrected chi connectivity index (χ0v) is 20.1. The van der Waals surface area contributed by atoms with E-state index in [0.29, 0.717) is 50.9 Å². The van der Waals surface area contributed by atoms with Gasteiger partial charge in [0, 0.05) is 36.6 Å². The molecule has 4 rings (SSSR count). The fourth-order valence-electron chi connectivity index (χ4n) is 4.67. The first-order chi connectivity index (χ1) is 17.0. The van der Waals surface area contributed by atoms with Gasteiger partial charge < -0.3 is 4.74 Å². The Morgan fingerprint density at radius 2 is 1.94 bits per heavy atom. The van der Waals surface area contributed by atoms with Gasteiger partial charge in [-0.25, -0.2) is 0 Å². The highest BCUT2D eigenvalue weighted by molar-refractivity contribution is 6.11. The van der Waals surface area contributed by atoms with Gasteiger partial charge in [0.2, 0.25) is 5.78 Å². The first-order valence-electron chi connectivity index (χ1n) is 12.0. The Hall–Kier alpha value is -3.75. The normalized spacial score (nSPS) is 15.8. The van der Waals surface area contributed by atoms with Crippen molar-refractivity contribution in [3.05, 3.63) is 83.6 Å². The number of hydrogen-bond acceptors (Lipinski definition) is 4. The van der Waals surface area contributed by atoms with Crippen LogP contribution in [-0.2, 0) is 27.8 Å². The molecule has 0 atom stereocenters. The molecule has 178 valence electrons. The van der Waals surface area contributed by atoms with Crippen LogP contribution >= 0.6 is 0 Å². The number of Topliss-reactive ketones (excluding diaryl/α,β-unsaturated/α-hetero) is 1. The molecule has 1 fully saturated rings. The minimum atomic E-state index is -0.549. The number of nitrogens with zero attached hydrogens (tertiary/aromatic N) is 2. The van der Waals surface area contributed by atoms with E-state index in [-0.39, 0.29) is 11.6 Å². The lowest BCUT2D eigenvalue weighted by atomic mass is 9.72. The van der Waals surface area contributed by atoms with Crippen LogP contribution in [0.5, 0.6) is 0 Å². The number of aromatic nitrogens is 2. The zero-order chi connectivity index (χ0) is 24.7. The molecule has 3 aromatic rings. The van der Waals surface area contributed by atoms with E-state index in [2.05, 4.69) is 11.0 Å². The minimum absolute atomic E-state index is 0.0982. The standard InChI is InChI=1S/C30H30N2O3/c1-3-28(33)25(20-24-12-13-27-26(21-24)22-31-32(27)2)14-15-30(16-18-35-19-17-30)29(34)11-7-10-23-8-5-4-6-9-23/h1,4-9,11-13,20-22H,10,14-19H2,2H3/b11-7+,25-20-. The Morgan fingerprint density at radius 1 is 1.17 bits per heavy atom. The molecule has 0 unspecified atom stereocenters. The molecule has 5 nitrogen and oxygen atoms in total. The zero-order valence-electron chi connectivity index (χ0n) is 20.1. The van der Waals surface area contributed by atoms with Gasteiger partial charge >= 0.3 is 0 Å². The van der Waals surface area contributed by atoms with Crippen LogP contribution in [0.2, 0.25) is 0 Å². The van der Waals surface area contributed by atoms with Crippen LogP contribution in [0, 0.1) is 17.8 Å². The van der Waals surface area contributed by atoms with Crippen molar-refractivity contribution in [3.8, 4) is 12.3 Å². The summed E-state index contributed by atoms with van der Waals surface area (Å²) in [5.74, 6) is 2.02. The molecule has 0 saturated carbocycles. The maximum Gasteiger partial charge on any atom is 0.231 e. The van der Waals surface area contributed by atoms with E-state index >= 15 is 0 Å². The Labute approximate surface area is 206 Å². The van der Waals surface area contributed by atoms with E-state index in [1.54, 1.807) is 12.3 Å². The molecule has 2 aromatic carbocycles. The van der Waals surface area contributed by atoms with Crippen molar-refractivity contribution in [2.24, 2.45) is 12.5 Å². The molecule has 1 aliphatic heterocycles. The summed E-state index contributed by atoms with van der Waals surface area (Å²) < 4.78 is 7.37. The number of rotatable bonds is 9. The van der Waals surface area contributed by atoms with E-state index in [4.69, 9.17) is 11.2 Å². The van der Waals surface area contributed by atoms with E-state index in [9.17, 15) is 9.59 Å². The summed E-state index contributed by atoms with van der Waals surface area (Å²) in [6.07, 6.45) is 15.8. The minimum Gasteiger partial charge on any atom is -0.381 e. The van der Waals surface area contributed by atoms with Crippen LogP contribution in [0.4, 0.5) is 0 Å². The predicted molar refractivity (Wildman–Crippen MR) is 139 cm³/mol. The quantitative estimate of drug-likeness (QED) is 0.250. The number of ether oxygens (including phenoxy) is 1. The van der Waals surface area contributed by atoms with Crippen molar-refractivity contribution < 1.29 is 14.3 Å². The van der Waals surface area contributed by atoms with Gasteiger partial charge in [-0.05, 0) is 73.4 Å². The Bertz CT molecular complexity index is 1300. The lowest BCUT2D eigenvalue weighted by molar-refractivity contribution is -0.130. The predicted octanol–water partition coefficient (Wildman–Crippen LogP) is 5.10. The molecule has 2 heterocycles. The Kier molecular flexibility index (Phi) is 7.74. The molecule has 1 aromatic heterocycles. The number of aryl methyl sites for hydroxylation is 1. The van der Waals surface area contributed by atoms with Gasteiger partial charge in [-0.2, -0.15) is 5.10 Å². The van der Waals surface area contributed by atoms with Gasteiger partial charge in [-0.1, -0.05) is 42.5 Å². The second kappa shape index (κ2) is 11.1. The number of carbonyl (C=O) groups is 2. The average molecular weight is 467 g/mol. The summed E-state index contributed by atoms with van der Waals surface area (Å²) in [6, 6.07) is 16.0. The molecular weight excluding hydrogens is 436 g/mol. The smallest absolute Gasteiger partial charge is 0.231 e. The van der Waals surface area contributed by atoms with Crippen LogP contribution in [-0.4, -0.2) is 34.6 Å². The molecule has 35 heavy (non-hydrogen) atoms. The van der Waals surface area contributed by atoms with Crippen LogP contribution in [0.15, 0.2) is 72.5 Å². The van der Waals surface area contributed by atoms with Crippen molar-refractivity contribution in [3.63, 3.8) is 0 Å². The van der Waals surface area contributed by atoms with Crippen LogP contribution in [0.25, 0.3) is 17.0 Å². The Balaban J connectivity index is 1.53. The number of terminal acetylenes is 1. The highest BCUT2D eigenvalue weighted by Gasteiger charge is 2.38. The maximum atomic E-state index is 13.4. The Morgan fingerprint density at radius 3 is 2.69 bits per heavy atom. The highest BCUT2D eigenvalue weighted by Crippen LogP contribution is 2.38. The summed E-state index contributed by atoms with van der Waals surface area (Å²) >= 11 is 0. The number of benzene rings is 2. The molecular formula is C30H30N2O3. The molecule has 5 heteroatoms. The van der Waals surface area contributed by atoms with Gasteiger partial charge in [0.1, 0.15) is 0 Å². The van der Waals surface area contributed by atoms with Crippen molar-refractivity contribution in [1.29, 1.82) is 0 Å². The first-order valence-corrected chi connectivity index (χ1v) is 12.0. The third-order valence-electron chi connectivity index (χ3n) is 6.84. The first kappa shape index (κ1) is 24.4. The van der Waals surface area contributed by atoms with E-state index in [0.717, 1.165) is 22.0 Å². The second-order valence-electron chi connectivity index (χ2n) is 9.08. The van der Waals surface area contributed by atoms with Gasteiger partial charge in [0.15, 0.2) is 5.78 Å². The van der Waals surface area contributed by atoms with Crippen molar-refractivity contribution in [2.45, 2.75) is 32.1 Å². The molecule has 1 saturated heterocycles. The molecule has 1 aliphatic rings. The second-order valence-corrected chi connectivity index (χ2v) is 9.08. The summed E-state index contributed by atoms with van der Waals surface area (Å²) in [6.45, 7) is 1.08. The number of fused-ring (bicyclic) bond motifs is 1. The number of ketones is 2. The van der Waals surface area contributed by atoms with E-state index < -0.39 is 5.41 Å². The molecule has 0 bridgehead atoms. The summed E-state index contributed by atoms with van der Waals surface area (Å²) in [5.41, 5.74) is 3.06. The van der Waals surface area contributed by atoms with E-state index in [1.807, 2.05) is 72.4 Å². The van der Waals surface area contributed by atoms with Gasteiger partial charge in [-0.3, -0.25) is 14.3 Å². The van der Waals surface area contributed by atoms with Gasteiger partial charge in [0.05, 0.1) is 11.7 Å². The summed E-state index contributed by atoms with van der Waals surface area (Å²) in [7, 11) is 1.89. The number of allylic oxidation sites excluding steroid dienone is 3. The molecule has 0 amide bonds. The fourth-order valence-corrected chi connectivity index (χ4v) is 4.67. The van der Waals surface area contributed by atoms with Crippen LogP contribution < -0.4 is 0 Å². The van der Waals surface area contributed by atoms with Crippen LogP contribution in [0.1, 0.15) is 36.8 Å². The fraction of sp³-hybridized carbons (Fsp3) is 0.300. The summed E-state index contributed by atoms with van der Waals surface area (Å²) in [4.78, 5) is 26.0. The van der Waals surface area contributed by atoms with Gasteiger partial charge in [0.25, 0.3) is 0 Å². The summed E-state index contributed by atoms with van der Waals surface area (Å²) in [5, 5.41) is 5.27. The third kappa shape index (κ3) is 5.85. The lowest BCUT2D eigenvalue weighted by Gasteiger charge is -2.35. The SMILES string of the molecule is C#CC(=O)/C(=C\c1ccc2c(cnn2C)c1)CCC1(C(=O)/C=C/Cc2ccccc2)CCOCC1. The lowest BCUT2D eigenvalue weighted by Crippen LogP contribution is -2.36. The van der Waals surface area contributed by atoms with Crippen molar-refractivity contribution in [2.75, 3.05) is 13.2 Å². The third-order valence-corrected chi connectivity index (χ3v) is 6.84. The topological polar surface area (TPSA) is 61.2 Å². The molecule has 0 N–H and O–H groups in total. The molecule has 0 radical (unpaired) electrons. The van der Waals surface area contributed by atoms with Crippen LogP contribution in [0.3, 0.4) is 0 Å². The highest BCUT2D eigenvalue weighted by atomic mass is 16.5. The van der Waals surface area contributed by atoms with E-state index in [1.165, 1.54) is 0 Å². The van der Waals surface area contributed by atoms with Crippen molar-refractivity contribution in [1.82, 2.24) is 9.78 Å².